The van der Waals surface area contributed by atoms with Gasteiger partial charge in [-0.2, -0.15) is 0 Å². The molecule has 0 aliphatic heterocycles. The monoisotopic (exact) mass is 709 g/mol. The molecule has 2 aromatic heterocycles. The van der Waals surface area contributed by atoms with Crippen molar-refractivity contribution in [1.29, 1.82) is 0 Å². The van der Waals surface area contributed by atoms with E-state index in [0.29, 0.717) is 5.92 Å². The number of hydrogen-bond donors (Lipinski definition) is 0. The Labute approximate surface area is 257 Å². The molecule has 0 amide bonds. The number of rotatable bonds is 6. The molecule has 0 unspecified atom stereocenters. The molecule has 0 saturated heterocycles. The number of pyridine rings is 2. The number of benzene rings is 4. The Morgan fingerprint density at radius 1 is 0.561 bits per heavy atom. The van der Waals surface area contributed by atoms with Crippen molar-refractivity contribution >= 4 is 0 Å². The summed E-state index contributed by atoms with van der Waals surface area (Å²) in [6.45, 7) is 4.40. The van der Waals surface area contributed by atoms with Gasteiger partial charge in [0.25, 0.3) is 0 Å². The van der Waals surface area contributed by atoms with Crippen LogP contribution in [-0.2, 0) is 26.5 Å². The van der Waals surface area contributed by atoms with Crippen molar-refractivity contribution in [1.82, 2.24) is 9.97 Å². The van der Waals surface area contributed by atoms with Gasteiger partial charge in [-0.25, -0.2) is 0 Å². The molecule has 0 spiro atoms. The maximum Gasteiger partial charge on any atom is 0.0163 e. The molecule has 41 heavy (non-hydrogen) atoms. The minimum Gasteiger partial charge on any atom is -0.305 e. The maximum absolute atomic E-state index is 4.50. The average molecular weight is 709 g/mol. The summed E-state index contributed by atoms with van der Waals surface area (Å²) in [6, 6.07) is 50.1. The molecule has 3 heteroatoms. The zero-order valence-electron chi connectivity index (χ0n) is 23.3. The molecule has 2 heterocycles. The Bertz CT molecular complexity index is 1630. The molecule has 0 bridgehead atoms. The summed E-state index contributed by atoms with van der Waals surface area (Å²) in [7, 11) is 0. The summed E-state index contributed by atoms with van der Waals surface area (Å²) in [5, 5.41) is 0. The molecule has 0 aliphatic rings. The fourth-order valence-corrected chi connectivity index (χ4v) is 4.50. The van der Waals surface area contributed by atoms with E-state index >= 15 is 0 Å². The Kier molecular flexibility index (Phi) is 10.9. The van der Waals surface area contributed by atoms with Gasteiger partial charge in [-0.15, -0.1) is 70.8 Å². The van der Waals surface area contributed by atoms with Crippen molar-refractivity contribution in [2.45, 2.75) is 26.2 Å². The van der Waals surface area contributed by atoms with E-state index < -0.39 is 0 Å². The van der Waals surface area contributed by atoms with Gasteiger partial charge < -0.3 is 9.97 Å². The molecule has 0 atom stereocenters. The van der Waals surface area contributed by atoms with Gasteiger partial charge in [-0.3, -0.25) is 0 Å². The Hall–Kier alpha value is -4.17. The van der Waals surface area contributed by atoms with Crippen LogP contribution in [0.5, 0.6) is 0 Å². The first kappa shape index (κ1) is 29.8. The smallest absolute Gasteiger partial charge is 0.0163 e. The van der Waals surface area contributed by atoms with Crippen molar-refractivity contribution < 1.29 is 20.1 Å². The van der Waals surface area contributed by atoms with E-state index in [0.717, 1.165) is 28.9 Å². The van der Waals surface area contributed by atoms with Crippen LogP contribution >= 0.6 is 0 Å². The van der Waals surface area contributed by atoms with Crippen molar-refractivity contribution in [3.8, 4) is 33.6 Å². The first-order valence-corrected chi connectivity index (χ1v) is 13.6. The zero-order valence-corrected chi connectivity index (χ0v) is 25.7. The zero-order chi connectivity index (χ0) is 27.6. The second kappa shape index (κ2) is 15.0. The van der Waals surface area contributed by atoms with Gasteiger partial charge in [0.2, 0.25) is 0 Å². The van der Waals surface area contributed by atoms with Crippen LogP contribution in [0.25, 0.3) is 33.6 Å². The van der Waals surface area contributed by atoms with E-state index in [2.05, 4.69) is 121 Å². The Balaban J connectivity index is 0.000000185. The average Bonchev–Trinajstić information content (AvgIpc) is 3.03. The van der Waals surface area contributed by atoms with Crippen molar-refractivity contribution in [3.63, 3.8) is 0 Å². The predicted octanol–water partition coefficient (Wildman–Crippen LogP) is 9.48. The molecule has 2 nitrogen and oxygen atoms in total. The molecular formula is C38H32IrN2-2. The number of aromatic nitrogens is 2. The topological polar surface area (TPSA) is 25.8 Å². The van der Waals surface area contributed by atoms with Crippen molar-refractivity contribution in [2.75, 3.05) is 0 Å². The van der Waals surface area contributed by atoms with E-state index in [-0.39, 0.29) is 20.1 Å². The molecule has 6 rings (SSSR count). The summed E-state index contributed by atoms with van der Waals surface area (Å²) in [5.41, 5.74) is 10.4. The number of nitrogens with zero attached hydrogens (tertiary/aromatic N) is 2. The first-order valence-electron chi connectivity index (χ1n) is 13.6. The first-order chi connectivity index (χ1) is 19.7. The Morgan fingerprint density at radius 2 is 1.22 bits per heavy atom. The third-order valence-corrected chi connectivity index (χ3v) is 6.69. The minimum atomic E-state index is 0. The third-order valence-electron chi connectivity index (χ3n) is 6.69. The van der Waals surface area contributed by atoms with Crippen molar-refractivity contribution in [2.24, 2.45) is 0 Å². The van der Waals surface area contributed by atoms with Crippen molar-refractivity contribution in [3.05, 3.63) is 169 Å². The Morgan fingerprint density at radius 3 is 1.93 bits per heavy atom. The van der Waals surface area contributed by atoms with Gasteiger partial charge in [0, 0.05) is 32.5 Å². The van der Waals surface area contributed by atoms with Gasteiger partial charge >= 0.3 is 0 Å². The molecule has 1 radical (unpaired) electrons. The van der Waals surface area contributed by atoms with Crippen LogP contribution in [0.2, 0.25) is 0 Å². The molecule has 0 N–H and O–H groups in total. The molecule has 205 valence electrons. The van der Waals surface area contributed by atoms with Crippen LogP contribution in [0.15, 0.2) is 140 Å². The quantitative estimate of drug-likeness (QED) is 0.161. The van der Waals surface area contributed by atoms with Crippen LogP contribution in [0.1, 0.15) is 36.5 Å². The van der Waals surface area contributed by atoms with Crippen LogP contribution in [0, 0.1) is 12.1 Å². The SMILES string of the molecule is CC(C)c1ccnc(-c2[c-]ccc(-c3ccccc3)c2)c1.[Ir].[c-]1ccc(Cc2ccccc2)cc1-c1ccccn1. The van der Waals surface area contributed by atoms with E-state index in [1.54, 1.807) is 0 Å². The second-order valence-electron chi connectivity index (χ2n) is 9.97. The van der Waals surface area contributed by atoms with Gasteiger partial charge in [-0.05, 0) is 47.0 Å². The summed E-state index contributed by atoms with van der Waals surface area (Å²) in [5.74, 6) is 0.504. The fourth-order valence-electron chi connectivity index (χ4n) is 4.50. The second-order valence-corrected chi connectivity index (χ2v) is 9.97. The van der Waals surface area contributed by atoms with E-state index in [4.69, 9.17) is 0 Å². The van der Waals surface area contributed by atoms with E-state index in [1.165, 1.54) is 27.8 Å². The minimum absolute atomic E-state index is 0. The van der Waals surface area contributed by atoms with Crippen LogP contribution in [0.4, 0.5) is 0 Å². The summed E-state index contributed by atoms with van der Waals surface area (Å²) < 4.78 is 0. The predicted molar refractivity (Wildman–Crippen MR) is 166 cm³/mol. The molecular weight excluding hydrogens is 677 g/mol. The fraction of sp³-hybridized carbons (Fsp3) is 0.105. The van der Waals surface area contributed by atoms with E-state index in [1.807, 2.05) is 54.9 Å². The van der Waals surface area contributed by atoms with Gasteiger partial charge in [0.1, 0.15) is 0 Å². The largest absolute Gasteiger partial charge is 0.305 e. The molecule has 0 saturated carbocycles. The van der Waals surface area contributed by atoms with Crippen LogP contribution < -0.4 is 0 Å². The number of hydrogen-bond acceptors (Lipinski definition) is 2. The van der Waals surface area contributed by atoms with Gasteiger partial charge in [0.15, 0.2) is 0 Å². The molecule has 4 aromatic carbocycles. The normalized spacial score (nSPS) is 10.3. The molecule has 6 aromatic rings. The van der Waals surface area contributed by atoms with Crippen LogP contribution in [0.3, 0.4) is 0 Å². The van der Waals surface area contributed by atoms with Gasteiger partial charge in [0.05, 0.1) is 0 Å². The third kappa shape index (κ3) is 8.41. The molecule has 0 fully saturated rings. The summed E-state index contributed by atoms with van der Waals surface area (Å²) >= 11 is 0. The maximum atomic E-state index is 4.50. The molecule has 0 aliphatic carbocycles. The standard InChI is InChI=1S/C20H18N.C18H14N.Ir/c1-15(2)17-11-12-21-20(14-17)19-10-6-9-18(13-19)16-7-4-3-5-8-16;1-2-7-15(8-3-1)13-16-9-6-10-17(14-16)18-11-4-5-12-19-18;/h3-9,11-15H,1-2H3;1-9,11-12,14H,13H2;/q2*-1;. The van der Waals surface area contributed by atoms with Gasteiger partial charge in [-0.1, -0.05) is 98.3 Å². The summed E-state index contributed by atoms with van der Waals surface area (Å²) in [6.07, 6.45) is 4.64. The van der Waals surface area contributed by atoms with E-state index in [9.17, 15) is 0 Å². The summed E-state index contributed by atoms with van der Waals surface area (Å²) in [4.78, 5) is 8.86. The van der Waals surface area contributed by atoms with Crippen LogP contribution in [-0.4, -0.2) is 9.97 Å².